The number of anilines is 1. The van der Waals surface area contributed by atoms with Crippen LogP contribution < -0.4 is 20.1 Å². The lowest BCUT2D eigenvalue weighted by Crippen LogP contribution is -2.21. The van der Waals surface area contributed by atoms with Crippen LogP contribution in [-0.4, -0.2) is 42.7 Å². The van der Waals surface area contributed by atoms with Gasteiger partial charge in [-0.3, -0.25) is 4.79 Å². The molecule has 1 saturated carbocycles. The molecule has 31 heavy (non-hydrogen) atoms. The number of furan rings is 1. The Morgan fingerprint density at radius 2 is 1.90 bits per heavy atom. The molecule has 0 bridgehead atoms. The second-order valence-electron chi connectivity index (χ2n) is 8.16. The topological polar surface area (TPSA) is 98.5 Å². The maximum atomic E-state index is 12.5. The molecule has 1 fully saturated rings. The van der Waals surface area contributed by atoms with Crippen LogP contribution in [0.25, 0.3) is 11.1 Å². The van der Waals surface area contributed by atoms with Crippen molar-refractivity contribution in [1.29, 1.82) is 0 Å². The highest BCUT2D eigenvalue weighted by atomic mass is 16.5. The Bertz CT molecular complexity index is 1130. The number of methoxy groups -OCH3 is 2. The van der Waals surface area contributed by atoms with Gasteiger partial charge in [-0.05, 0) is 50.8 Å². The number of carbonyl (C=O) groups is 1. The van der Waals surface area contributed by atoms with Crippen molar-refractivity contribution in [2.24, 2.45) is 0 Å². The first-order valence-electron chi connectivity index (χ1n) is 10.4. The van der Waals surface area contributed by atoms with Crippen LogP contribution in [0.2, 0.25) is 0 Å². The van der Waals surface area contributed by atoms with E-state index in [4.69, 9.17) is 18.9 Å². The summed E-state index contributed by atoms with van der Waals surface area (Å²) in [4.78, 5) is 21.9. The first kappa shape index (κ1) is 21.0. The van der Waals surface area contributed by atoms with Crippen molar-refractivity contribution in [2.75, 3.05) is 26.6 Å². The third-order valence-corrected chi connectivity index (χ3v) is 5.73. The molecule has 1 aliphatic carbocycles. The van der Waals surface area contributed by atoms with Crippen molar-refractivity contribution in [3.63, 3.8) is 0 Å². The molecule has 8 nitrogen and oxygen atoms in total. The summed E-state index contributed by atoms with van der Waals surface area (Å²) in [5.41, 5.74) is 2.00. The minimum atomic E-state index is -0.207. The molecule has 164 valence electrons. The van der Waals surface area contributed by atoms with Crippen molar-refractivity contribution in [1.82, 2.24) is 15.3 Å². The van der Waals surface area contributed by atoms with Crippen molar-refractivity contribution in [3.8, 4) is 11.5 Å². The van der Waals surface area contributed by atoms with E-state index in [0.717, 1.165) is 24.8 Å². The van der Waals surface area contributed by atoms with E-state index in [0.29, 0.717) is 52.0 Å². The summed E-state index contributed by atoms with van der Waals surface area (Å²) in [7, 11) is 4.85. The van der Waals surface area contributed by atoms with Gasteiger partial charge >= 0.3 is 0 Å². The van der Waals surface area contributed by atoms with Gasteiger partial charge in [0.2, 0.25) is 5.71 Å². The fourth-order valence-corrected chi connectivity index (χ4v) is 3.65. The molecule has 0 spiro atoms. The lowest BCUT2D eigenvalue weighted by Gasteiger charge is -2.14. The second-order valence-corrected chi connectivity index (χ2v) is 8.16. The predicted molar refractivity (Wildman–Crippen MR) is 118 cm³/mol. The van der Waals surface area contributed by atoms with Crippen molar-refractivity contribution in [2.45, 2.75) is 45.1 Å². The molecular weight excluding hydrogens is 396 g/mol. The molecule has 0 saturated heterocycles. The zero-order valence-electron chi connectivity index (χ0n) is 18.6. The number of nitrogens with zero attached hydrogens (tertiary/aromatic N) is 2. The third-order valence-electron chi connectivity index (χ3n) is 5.73. The first-order chi connectivity index (χ1) is 14.9. The molecule has 2 N–H and O–H groups in total. The standard InChI is InChI=1S/C23H28N4O4/c1-13-18(21(28)24-3)19-20(27-23(2)10-11-23)25-17(26-22(19)31-13)9-7-14-6-8-15(29-4)16(12-14)30-5/h6,8,12H,7,9-11H2,1-5H3,(H,24,28)(H,25,26,27). The van der Waals surface area contributed by atoms with Gasteiger partial charge in [-0.25, -0.2) is 4.98 Å². The van der Waals surface area contributed by atoms with Crippen LogP contribution in [0.1, 0.15) is 47.3 Å². The molecule has 1 aliphatic rings. The number of aryl methyl sites for hydroxylation is 3. The summed E-state index contributed by atoms with van der Waals surface area (Å²) < 4.78 is 16.6. The monoisotopic (exact) mass is 424 g/mol. The summed E-state index contributed by atoms with van der Waals surface area (Å²) in [6.07, 6.45) is 3.47. The van der Waals surface area contributed by atoms with Crippen LogP contribution in [-0.2, 0) is 12.8 Å². The van der Waals surface area contributed by atoms with Crippen molar-refractivity contribution < 1.29 is 18.7 Å². The first-order valence-corrected chi connectivity index (χ1v) is 10.4. The number of fused-ring (bicyclic) bond motifs is 1. The quantitative estimate of drug-likeness (QED) is 0.569. The number of nitrogens with one attached hydrogen (secondary N) is 2. The van der Waals surface area contributed by atoms with Crippen LogP contribution in [0.3, 0.4) is 0 Å². The summed E-state index contributed by atoms with van der Waals surface area (Å²) in [6.45, 7) is 3.93. The highest BCUT2D eigenvalue weighted by molar-refractivity contribution is 6.10. The van der Waals surface area contributed by atoms with E-state index in [1.165, 1.54) is 0 Å². The molecule has 4 rings (SSSR count). The molecule has 0 aliphatic heterocycles. The van der Waals surface area contributed by atoms with Crippen molar-refractivity contribution in [3.05, 3.63) is 40.9 Å². The summed E-state index contributed by atoms with van der Waals surface area (Å²) >= 11 is 0. The lowest BCUT2D eigenvalue weighted by atomic mass is 10.1. The van der Waals surface area contributed by atoms with E-state index >= 15 is 0 Å². The average molecular weight is 425 g/mol. The lowest BCUT2D eigenvalue weighted by molar-refractivity contribution is 0.0963. The fraction of sp³-hybridized carbons (Fsp3) is 0.435. The minimum Gasteiger partial charge on any atom is -0.493 e. The molecule has 1 aromatic carbocycles. The number of hydrogen-bond donors (Lipinski definition) is 2. The van der Waals surface area contributed by atoms with Gasteiger partial charge in [0.05, 0.1) is 25.2 Å². The number of benzene rings is 1. The Hall–Kier alpha value is -3.29. The Morgan fingerprint density at radius 1 is 1.16 bits per heavy atom. The SMILES string of the molecule is CNC(=O)c1c(C)oc2nc(CCc3ccc(OC)c(OC)c3)nc(NC3(C)CC3)c12. The molecule has 3 aromatic rings. The second kappa shape index (κ2) is 8.09. The van der Waals surface area contributed by atoms with E-state index in [9.17, 15) is 4.79 Å². The Labute approximate surface area is 181 Å². The summed E-state index contributed by atoms with van der Waals surface area (Å²) in [6, 6.07) is 5.86. The number of ether oxygens (including phenoxy) is 2. The highest BCUT2D eigenvalue weighted by Gasteiger charge is 2.38. The summed E-state index contributed by atoms with van der Waals surface area (Å²) in [5, 5.41) is 6.83. The van der Waals surface area contributed by atoms with E-state index in [1.807, 2.05) is 18.2 Å². The molecular formula is C23H28N4O4. The van der Waals surface area contributed by atoms with E-state index < -0.39 is 0 Å². The Balaban J connectivity index is 1.68. The van der Waals surface area contributed by atoms with E-state index in [-0.39, 0.29) is 11.4 Å². The maximum absolute atomic E-state index is 12.5. The highest BCUT2D eigenvalue weighted by Crippen LogP contribution is 2.40. The number of rotatable bonds is 8. The van der Waals surface area contributed by atoms with Gasteiger partial charge in [-0.15, -0.1) is 0 Å². The zero-order chi connectivity index (χ0) is 22.2. The normalized spacial score (nSPS) is 14.4. The molecule has 1 amide bonds. The number of amides is 1. The van der Waals surface area contributed by atoms with Crippen LogP contribution in [0, 0.1) is 6.92 Å². The number of hydrogen-bond acceptors (Lipinski definition) is 7. The number of aromatic nitrogens is 2. The molecule has 0 radical (unpaired) electrons. The average Bonchev–Trinajstić information content (AvgIpc) is 3.39. The Morgan fingerprint density at radius 3 is 2.55 bits per heavy atom. The van der Waals surface area contributed by atoms with Gasteiger partial charge < -0.3 is 24.5 Å². The molecule has 0 atom stereocenters. The van der Waals surface area contributed by atoms with Gasteiger partial charge in [0.15, 0.2) is 11.5 Å². The molecule has 2 aromatic heterocycles. The van der Waals surface area contributed by atoms with Gasteiger partial charge in [0.25, 0.3) is 5.91 Å². The Kier molecular flexibility index (Phi) is 5.47. The largest absolute Gasteiger partial charge is 0.493 e. The molecule has 0 unspecified atom stereocenters. The fourth-order valence-electron chi connectivity index (χ4n) is 3.65. The molecule has 2 heterocycles. The van der Waals surface area contributed by atoms with E-state index in [1.54, 1.807) is 28.2 Å². The third kappa shape index (κ3) is 4.15. The van der Waals surface area contributed by atoms with Crippen LogP contribution in [0.5, 0.6) is 11.5 Å². The molecule has 8 heteroatoms. The van der Waals surface area contributed by atoms with Gasteiger partial charge in [0.1, 0.15) is 17.4 Å². The maximum Gasteiger partial charge on any atom is 0.255 e. The number of carbonyl (C=O) groups excluding carboxylic acids is 1. The van der Waals surface area contributed by atoms with Crippen molar-refractivity contribution >= 4 is 22.8 Å². The van der Waals surface area contributed by atoms with Gasteiger partial charge in [-0.2, -0.15) is 4.98 Å². The zero-order valence-corrected chi connectivity index (χ0v) is 18.6. The minimum absolute atomic E-state index is 0.00691. The van der Waals surface area contributed by atoms with Crippen LogP contribution >= 0.6 is 0 Å². The summed E-state index contributed by atoms with van der Waals surface area (Å²) in [5.74, 6) is 3.03. The van der Waals surface area contributed by atoms with Crippen LogP contribution in [0.4, 0.5) is 5.82 Å². The van der Waals surface area contributed by atoms with Gasteiger partial charge in [-0.1, -0.05) is 6.07 Å². The predicted octanol–water partition coefficient (Wildman–Crippen LogP) is 3.66. The van der Waals surface area contributed by atoms with Crippen LogP contribution in [0.15, 0.2) is 22.6 Å². The van der Waals surface area contributed by atoms with E-state index in [2.05, 4.69) is 22.5 Å². The smallest absolute Gasteiger partial charge is 0.255 e. The van der Waals surface area contributed by atoms with Gasteiger partial charge in [0, 0.05) is 19.0 Å².